The highest BCUT2D eigenvalue weighted by Crippen LogP contribution is 2.28. The maximum absolute atomic E-state index is 12.3. The average Bonchev–Trinajstić information content (AvgIpc) is 2.95. The van der Waals surface area contributed by atoms with Crippen molar-refractivity contribution in [2.24, 2.45) is 12.8 Å². The Labute approximate surface area is 134 Å². The summed E-state index contributed by atoms with van der Waals surface area (Å²) in [6.45, 7) is 1.97. The minimum Gasteiger partial charge on any atom is -0.349 e. The molecule has 0 atom stereocenters. The molecule has 1 aliphatic carbocycles. The van der Waals surface area contributed by atoms with Crippen molar-refractivity contribution >= 4 is 39.9 Å². The number of thiophene rings is 1. The Balaban J connectivity index is 0.00000161. The fourth-order valence-electron chi connectivity index (χ4n) is 2.84. The van der Waals surface area contributed by atoms with Crippen molar-refractivity contribution in [2.75, 3.05) is 0 Å². The Bertz CT molecular complexity index is 608. The lowest BCUT2D eigenvalue weighted by Crippen LogP contribution is -2.40. The van der Waals surface area contributed by atoms with E-state index in [9.17, 15) is 4.79 Å². The number of carbonyl (C=O) groups excluding carboxylic acids is 1. The summed E-state index contributed by atoms with van der Waals surface area (Å²) < 4.78 is 1.84. The summed E-state index contributed by atoms with van der Waals surface area (Å²) in [5.74, 6) is 0.0334. The molecule has 5 nitrogen and oxygen atoms in total. The lowest BCUT2D eigenvalue weighted by molar-refractivity contribution is 0.0930. The first-order valence-electron chi connectivity index (χ1n) is 7.04. The Morgan fingerprint density at radius 3 is 2.71 bits per heavy atom. The molecule has 0 unspecified atom stereocenters. The van der Waals surface area contributed by atoms with Gasteiger partial charge in [-0.25, -0.2) is 0 Å². The summed E-state index contributed by atoms with van der Waals surface area (Å²) in [5, 5.41) is 8.56. The number of aromatic nitrogens is 2. The van der Waals surface area contributed by atoms with E-state index in [1.807, 2.05) is 24.7 Å². The highest BCUT2D eigenvalue weighted by Gasteiger charge is 2.22. The molecule has 2 heterocycles. The van der Waals surface area contributed by atoms with Crippen molar-refractivity contribution in [2.45, 2.75) is 44.7 Å². The molecule has 1 fully saturated rings. The van der Waals surface area contributed by atoms with Crippen LogP contribution in [-0.4, -0.2) is 27.8 Å². The zero-order valence-corrected chi connectivity index (χ0v) is 13.9. The molecule has 0 aliphatic heterocycles. The largest absolute Gasteiger partial charge is 0.349 e. The van der Waals surface area contributed by atoms with Crippen LogP contribution in [0, 0.1) is 6.92 Å². The Hall–Kier alpha value is -1.11. The maximum atomic E-state index is 12.3. The van der Waals surface area contributed by atoms with Gasteiger partial charge in [-0.3, -0.25) is 9.48 Å². The first kappa shape index (κ1) is 16.3. The number of fused-ring (bicyclic) bond motifs is 1. The molecular weight excluding hydrogens is 308 g/mol. The molecule has 3 N–H and O–H groups in total. The molecule has 1 aliphatic rings. The Morgan fingerprint density at radius 2 is 2.10 bits per heavy atom. The van der Waals surface area contributed by atoms with Gasteiger partial charge >= 0.3 is 0 Å². The molecule has 0 spiro atoms. The highest BCUT2D eigenvalue weighted by atomic mass is 35.5. The van der Waals surface area contributed by atoms with Crippen LogP contribution in [0.5, 0.6) is 0 Å². The Morgan fingerprint density at radius 1 is 1.43 bits per heavy atom. The van der Waals surface area contributed by atoms with Crippen molar-refractivity contribution in [3.63, 3.8) is 0 Å². The van der Waals surface area contributed by atoms with Gasteiger partial charge in [0, 0.05) is 24.5 Å². The first-order valence-corrected chi connectivity index (χ1v) is 7.86. The second-order valence-electron chi connectivity index (χ2n) is 5.62. The molecule has 0 radical (unpaired) electrons. The first-order chi connectivity index (χ1) is 9.54. The van der Waals surface area contributed by atoms with Crippen LogP contribution >= 0.6 is 23.7 Å². The van der Waals surface area contributed by atoms with E-state index in [1.165, 1.54) is 11.3 Å². The summed E-state index contributed by atoms with van der Waals surface area (Å²) in [7, 11) is 1.91. The van der Waals surface area contributed by atoms with Crippen LogP contribution in [0.4, 0.5) is 0 Å². The number of carbonyl (C=O) groups is 1. The number of nitrogens with one attached hydrogen (secondary N) is 1. The van der Waals surface area contributed by atoms with Crippen molar-refractivity contribution in [3.05, 3.63) is 16.6 Å². The standard InChI is InChI=1S/C14H20N4OS.ClH/c1-8-11-7-12(20-14(11)18(2)17-8)13(19)16-10-5-3-9(15)4-6-10;/h7,9-10H,3-6,15H2,1-2H3,(H,16,19);1H. The zero-order chi connectivity index (χ0) is 14.3. The SMILES string of the molecule is Cc1nn(C)c2sc(C(=O)NC3CCC(N)CC3)cc12.Cl. The minimum atomic E-state index is 0. The number of nitrogens with two attached hydrogens (primary N) is 1. The number of hydrogen-bond acceptors (Lipinski definition) is 4. The molecule has 1 amide bonds. The number of amides is 1. The van der Waals surface area contributed by atoms with Gasteiger partial charge in [0.25, 0.3) is 5.91 Å². The quantitative estimate of drug-likeness (QED) is 0.889. The van der Waals surface area contributed by atoms with E-state index in [2.05, 4.69) is 10.4 Å². The molecule has 3 rings (SSSR count). The van der Waals surface area contributed by atoms with E-state index in [0.29, 0.717) is 6.04 Å². The molecule has 1 saturated carbocycles. The fourth-order valence-corrected chi connectivity index (χ4v) is 3.86. The van der Waals surface area contributed by atoms with E-state index in [1.54, 1.807) is 0 Å². The van der Waals surface area contributed by atoms with Crippen molar-refractivity contribution in [1.29, 1.82) is 0 Å². The van der Waals surface area contributed by atoms with Gasteiger partial charge in [-0.05, 0) is 38.7 Å². The molecule has 116 valence electrons. The van der Waals surface area contributed by atoms with Gasteiger partial charge in [-0.1, -0.05) is 0 Å². The van der Waals surface area contributed by atoms with Gasteiger partial charge in [0.05, 0.1) is 10.6 Å². The van der Waals surface area contributed by atoms with E-state index >= 15 is 0 Å². The smallest absolute Gasteiger partial charge is 0.261 e. The normalized spacial score (nSPS) is 22.0. The molecule has 0 saturated heterocycles. The predicted molar refractivity (Wildman–Crippen MR) is 88.3 cm³/mol. The predicted octanol–water partition coefficient (Wildman–Crippen LogP) is 2.36. The van der Waals surface area contributed by atoms with Gasteiger partial charge < -0.3 is 11.1 Å². The molecule has 0 bridgehead atoms. The summed E-state index contributed by atoms with van der Waals surface area (Å²) in [5.41, 5.74) is 6.86. The molecule has 21 heavy (non-hydrogen) atoms. The Kier molecular flexibility index (Phi) is 4.91. The van der Waals surface area contributed by atoms with Crippen molar-refractivity contribution in [1.82, 2.24) is 15.1 Å². The third-order valence-electron chi connectivity index (χ3n) is 4.03. The van der Waals surface area contributed by atoms with Crippen molar-refractivity contribution < 1.29 is 4.79 Å². The van der Waals surface area contributed by atoms with Crippen LogP contribution in [0.25, 0.3) is 10.2 Å². The molecule has 2 aromatic rings. The number of hydrogen-bond donors (Lipinski definition) is 2. The summed E-state index contributed by atoms with van der Waals surface area (Å²) in [4.78, 5) is 14.1. The number of rotatable bonds is 2. The molecule has 0 aromatic carbocycles. The van der Waals surface area contributed by atoms with Crippen LogP contribution in [0.1, 0.15) is 41.0 Å². The van der Waals surface area contributed by atoms with E-state index in [4.69, 9.17) is 5.73 Å². The third-order valence-corrected chi connectivity index (χ3v) is 5.23. The topological polar surface area (TPSA) is 72.9 Å². The van der Waals surface area contributed by atoms with Crippen LogP contribution in [0.15, 0.2) is 6.07 Å². The second kappa shape index (κ2) is 6.34. The molecule has 2 aromatic heterocycles. The van der Waals surface area contributed by atoms with Crippen molar-refractivity contribution in [3.8, 4) is 0 Å². The molecule has 7 heteroatoms. The van der Waals surface area contributed by atoms with Crippen LogP contribution < -0.4 is 11.1 Å². The van der Waals surface area contributed by atoms with E-state index in [-0.39, 0.29) is 24.4 Å². The number of aryl methyl sites for hydroxylation is 2. The van der Waals surface area contributed by atoms with Gasteiger partial charge in [0.15, 0.2) is 0 Å². The summed E-state index contributed by atoms with van der Waals surface area (Å²) >= 11 is 1.51. The monoisotopic (exact) mass is 328 g/mol. The van der Waals surface area contributed by atoms with E-state index in [0.717, 1.165) is 46.5 Å². The summed E-state index contributed by atoms with van der Waals surface area (Å²) in [6, 6.07) is 2.53. The van der Waals surface area contributed by atoms with Crippen LogP contribution in [-0.2, 0) is 7.05 Å². The lowest BCUT2D eigenvalue weighted by Gasteiger charge is -2.26. The van der Waals surface area contributed by atoms with Gasteiger partial charge in [-0.15, -0.1) is 23.7 Å². The molecular formula is C14H21ClN4OS. The van der Waals surface area contributed by atoms with Gasteiger partial charge in [0.1, 0.15) is 4.83 Å². The maximum Gasteiger partial charge on any atom is 0.261 e. The minimum absolute atomic E-state index is 0. The number of nitrogens with zero attached hydrogens (tertiary/aromatic N) is 2. The lowest BCUT2D eigenvalue weighted by atomic mass is 9.92. The van der Waals surface area contributed by atoms with Gasteiger partial charge in [-0.2, -0.15) is 5.10 Å². The van der Waals surface area contributed by atoms with E-state index < -0.39 is 0 Å². The highest BCUT2D eigenvalue weighted by molar-refractivity contribution is 7.20. The van der Waals surface area contributed by atoms with Gasteiger partial charge in [0.2, 0.25) is 0 Å². The van der Waals surface area contributed by atoms with Crippen LogP contribution in [0.2, 0.25) is 0 Å². The zero-order valence-electron chi connectivity index (χ0n) is 12.3. The van der Waals surface area contributed by atoms with Crippen LogP contribution in [0.3, 0.4) is 0 Å². The average molecular weight is 329 g/mol. The second-order valence-corrected chi connectivity index (χ2v) is 6.65. The summed E-state index contributed by atoms with van der Waals surface area (Å²) in [6.07, 6.45) is 3.97. The fraction of sp³-hybridized carbons (Fsp3) is 0.571. The third kappa shape index (κ3) is 3.22. The number of halogens is 1.